The predicted molar refractivity (Wildman–Crippen MR) is 142 cm³/mol. The molecule has 0 heterocycles. The van der Waals surface area contributed by atoms with Gasteiger partial charge in [0.2, 0.25) is 0 Å². The third-order valence-electron chi connectivity index (χ3n) is 6.20. The molecule has 0 aliphatic carbocycles. The molecular weight excluding hydrogens is 488 g/mol. The molecule has 200 valence electrons. The number of phenols is 4. The zero-order valence-electron chi connectivity index (χ0n) is 20.6. The minimum Gasteiger partial charge on any atom is -0.508 e. The largest absolute Gasteiger partial charge is 0.508 e. The van der Waals surface area contributed by atoms with Crippen molar-refractivity contribution < 1.29 is 40.9 Å². The van der Waals surface area contributed by atoms with Crippen LogP contribution in [0.4, 0.5) is 0 Å². The molecule has 0 amide bonds. The number of rotatable bonds is 8. The van der Waals surface area contributed by atoms with Crippen LogP contribution in [0.1, 0.15) is 22.3 Å². The maximum absolute atomic E-state index is 10.5. The smallest absolute Gasteiger partial charge is 0.117 e. The Kier molecular flexibility index (Phi) is 9.33. The second-order valence-electron chi connectivity index (χ2n) is 9.16. The molecule has 0 aliphatic heterocycles. The Bertz CT molecular complexity index is 1170. The van der Waals surface area contributed by atoms with Gasteiger partial charge in [0.15, 0.2) is 0 Å². The molecule has 8 heteroatoms. The van der Waals surface area contributed by atoms with Crippen molar-refractivity contribution in [3.63, 3.8) is 0 Å². The van der Waals surface area contributed by atoms with Gasteiger partial charge < -0.3 is 40.9 Å². The molecule has 4 aromatic rings. The van der Waals surface area contributed by atoms with Crippen LogP contribution in [0.5, 0.6) is 23.0 Å². The quantitative estimate of drug-likeness (QED) is 0.176. The first kappa shape index (κ1) is 28.5. The first-order valence-corrected chi connectivity index (χ1v) is 11.9. The Balaban J connectivity index is 0.000000211. The van der Waals surface area contributed by atoms with Crippen LogP contribution in [-0.4, -0.2) is 54.1 Å². The van der Waals surface area contributed by atoms with Crippen LogP contribution in [-0.2, 0) is 24.0 Å². The van der Waals surface area contributed by atoms with Crippen molar-refractivity contribution in [1.29, 1.82) is 0 Å². The van der Waals surface area contributed by atoms with Gasteiger partial charge in [-0.1, -0.05) is 48.5 Å². The van der Waals surface area contributed by atoms with Crippen molar-refractivity contribution in [2.75, 3.05) is 13.2 Å². The molecule has 4 rings (SSSR count). The summed E-state index contributed by atoms with van der Waals surface area (Å²) in [6.45, 7) is -0.864. The van der Waals surface area contributed by atoms with Crippen molar-refractivity contribution in [1.82, 2.24) is 0 Å². The topological polar surface area (TPSA) is 162 Å². The lowest BCUT2D eigenvalue weighted by Crippen LogP contribution is -2.32. The van der Waals surface area contributed by atoms with Gasteiger partial charge in [-0.2, -0.15) is 0 Å². The van der Waals surface area contributed by atoms with E-state index in [-0.39, 0.29) is 35.8 Å². The van der Waals surface area contributed by atoms with E-state index in [2.05, 4.69) is 0 Å². The van der Waals surface area contributed by atoms with Gasteiger partial charge in [0.1, 0.15) is 34.2 Å². The van der Waals surface area contributed by atoms with Crippen molar-refractivity contribution in [3.8, 4) is 23.0 Å². The van der Waals surface area contributed by atoms with Crippen LogP contribution in [0.3, 0.4) is 0 Å². The Labute approximate surface area is 220 Å². The number of benzene rings is 4. The molecular formula is C30H32O8. The van der Waals surface area contributed by atoms with E-state index >= 15 is 0 Å². The highest BCUT2D eigenvalue weighted by Crippen LogP contribution is 2.29. The second-order valence-corrected chi connectivity index (χ2v) is 9.16. The fraction of sp³-hybridized carbons (Fsp3) is 0.200. The van der Waals surface area contributed by atoms with Gasteiger partial charge in [-0.05, 0) is 70.8 Å². The Hall–Kier alpha value is -4.08. The number of hydrogen-bond donors (Lipinski definition) is 8. The van der Waals surface area contributed by atoms with Crippen LogP contribution in [0.25, 0.3) is 0 Å². The number of aliphatic hydroxyl groups is 4. The molecule has 0 saturated carbocycles. The molecule has 2 atom stereocenters. The maximum Gasteiger partial charge on any atom is 0.117 e. The molecule has 2 unspecified atom stereocenters. The summed E-state index contributed by atoms with van der Waals surface area (Å²) in [5.41, 5.74) is -0.179. The molecule has 0 aliphatic rings. The monoisotopic (exact) mass is 520 g/mol. The van der Waals surface area contributed by atoms with Crippen LogP contribution >= 0.6 is 0 Å². The van der Waals surface area contributed by atoms with Gasteiger partial charge in [0, 0.05) is 12.8 Å². The fourth-order valence-electron chi connectivity index (χ4n) is 3.94. The summed E-state index contributed by atoms with van der Waals surface area (Å²) in [7, 11) is 0. The van der Waals surface area contributed by atoms with Gasteiger partial charge in [0.25, 0.3) is 0 Å². The maximum atomic E-state index is 10.5. The molecule has 0 saturated heterocycles. The van der Waals surface area contributed by atoms with E-state index < -0.39 is 24.4 Å². The minimum absolute atomic E-state index is 0.105. The number of phenolic OH excluding ortho intramolecular Hbond substituents is 4. The zero-order valence-corrected chi connectivity index (χ0v) is 20.6. The van der Waals surface area contributed by atoms with Crippen molar-refractivity contribution >= 4 is 0 Å². The average Bonchev–Trinajstić information content (AvgIpc) is 2.92. The van der Waals surface area contributed by atoms with Gasteiger partial charge in [-0.15, -0.1) is 0 Å². The molecule has 0 aromatic heterocycles. The lowest BCUT2D eigenvalue weighted by Gasteiger charge is -2.26. The summed E-state index contributed by atoms with van der Waals surface area (Å²) in [6, 6.07) is 25.1. The Morgan fingerprint density at radius 3 is 0.868 bits per heavy atom. The molecule has 4 aromatic carbocycles. The van der Waals surface area contributed by atoms with Crippen molar-refractivity contribution in [3.05, 3.63) is 119 Å². The SMILES string of the molecule is OCC(O)(Cc1ccc(O)cc1)c1ccc(O)cc1.OCC(O)(Cc1ccc(O)cc1)c1ccc(O)cc1. The summed E-state index contributed by atoms with van der Waals surface area (Å²) >= 11 is 0. The van der Waals surface area contributed by atoms with Crippen LogP contribution in [0, 0.1) is 0 Å². The second kappa shape index (κ2) is 12.4. The predicted octanol–water partition coefficient (Wildman–Crippen LogP) is 3.04. The summed E-state index contributed by atoms with van der Waals surface area (Å²) in [5.74, 6) is 0.518. The van der Waals surface area contributed by atoms with Crippen LogP contribution < -0.4 is 0 Å². The third kappa shape index (κ3) is 7.47. The standard InChI is InChI=1S/2C15H16O4/c2*16-10-15(19,12-3-7-14(18)8-4-12)9-11-1-5-13(17)6-2-11/h2*1-8,16-19H,9-10H2. The molecule has 0 bridgehead atoms. The van der Waals surface area contributed by atoms with Gasteiger partial charge in [-0.25, -0.2) is 0 Å². The number of hydrogen-bond acceptors (Lipinski definition) is 8. The van der Waals surface area contributed by atoms with E-state index in [1.807, 2.05) is 0 Å². The molecule has 8 nitrogen and oxygen atoms in total. The Morgan fingerprint density at radius 1 is 0.395 bits per heavy atom. The summed E-state index contributed by atoms with van der Waals surface area (Å²) < 4.78 is 0. The first-order valence-electron chi connectivity index (χ1n) is 11.9. The normalized spacial score (nSPS) is 14.0. The molecule has 0 fully saturated rings. The minimum atomic E-state index is -1.41. The van der Waals surface area contributed by atoms with Gasteiger partial charge in [0.05, 0.1) is 13.2 Å². The highest BCUT2D eigenvalue weighted by molar-refractivity contribution is 5.35. The number of aromatic hydroxyl groups is 4. The summed E-state index contributed by atoms with van der Waals surface area (Å²) in [6.07, 6.45) is 0.434. The first-order chi connectivity index (χ1) is 18.1. The van der Waals surface area contributed by atoms with E-state index in [9.17, 15) is 40.9 Å². The van der Waals surface area contributed by atoms with Crippen LogP contribution in [0.15, 0.2) is 97.1 Å². The van der Waals surface area contributed by atoms with Crippen molar-refractivity contribution in [2.24, 2.45) is 0 Å². The van der Waals surface area contributed by atoms with Crippen LogP contribution in [0.2, 0.25) is 0 Å². The van der Waals surface area contributed by atoms with E-state index in [0.717, 1.165) is 11.1 Å². The third-order valence-corrected chi connectivity index (χ3v) is 6.20. The van der Waals surface area contributed by atoms with E-state index in [0.29, 0.717) is 11.1 Å². The average molecular weight is 521 g/mol. The molecule has 38 heavy (non-hydrogen) atoms. The zero-order chi connectivity index (χ0) is 27.8. The lowest BCUT2D eigenvalue weighted by atomic mass is 9.88. The molecule has 0 radical (unpaired) electrons. The Morgan fingerprint density at radius 2 is 0.632 bits per heavy atom. The lowest BCUT2D eigenvalue weighted by molar-refractivity contribution is -0.0189. The van der Waals surface area contributed by atoms with Crippen molar-refractivity contribution in [2.45, 2.75) is 24.0 Å². The summed E-state index contributed by atoms with van der Waals surface area (Å²) in [5, 5.41) is 76.9. The highest BCUT2D eigenvalue weighted by atomic mass is 16.3. The van der Waals surface area contributed by atoms with Gasteiger partial charge in [-0.3, -0.25) is 0 Å². The van der Waals surface area contributed by atoms with E-state index in [4.69, 9.17) is 0 Å². The van der Waals surface area contributed by atoms with Gasteiger partial charge >= 0.3 is 0 Å². The van der Waals surface area contributed by atoms with E-state index in [1.165, 1.54) is 48.5 Å². The van der Waals surface area contributed by atoms with E-state index in [1.54, 1.807) is 48.5 Å². The molecule has 0 spiro atoms. The molecule has 8 N–H and O–H groups in total. The highest BCUT2D eigenvalue weighted by Gasteiger charge is 2.29. The number of aliphatic hydroxyl groups excluding tert-OH is 2. The fourth-order valence-corrected chi connectivity index (χ4v) is 3.94. The summed E-state index contributed by atoms with van der Waals surface area (Å²) in [4.78, 5) is 0.